The lowest BCUT2D eigenvalue weighted by Gasteiger charge is -2.07. The molecule has 0 bridgehead atoms. The number of nitrogen functional groups attached to an aromatic ring is 1. The molecule has 2 heterocycles. The maximum absolute atomic E-state index is 5.72. The summed E-state index contributed by atoms with van der Waals surface area (Å²) in [6.07, 6.45) is 1.74. The Hall–Kier alpha value is -2.62. The third-order valence-corrected chi connectivity index (χ3v) is 2.56. The zero-order valence-electron chi connectivity index (χ0n) is 9.58. The van der Waals surface area contributed by atoms with Crippen molar-refractivity contribution in [2.45, 2.75) is 0 Å². The van der Waals surface area contributed by atoms with Crippen LogP contribution in [0.5, 0.6) is 11.6 Å². The van der Waals surface area contributed by atoms with E-state index < -0.39 is 0 Å². The van der Waals surface area contributed by atoms with Gasteiger partial charge in [0.15, 0.2) is 5.75 Å². The fraction of sp³-hybridized carbons (Fsp3) is 0. The van der Waals surface area contributed by atoms with Crippen LogP contribution >= 0.6 is 0 Å². The fourth-order valence-electron chi connectivity index (χ4n) is 1.76. The van der Waals surface area contributed by atoms with E-state index in [2.05, 4.69) is 9.97 Å². The van der Waals surface area contributed by atoms with E-state index in [9.17, 15) is 0 Å². The molecule has 1 aromatic carbocycles. The van der Waals surface area contributed by atoms with E-state index in [1.54, 1.807) is 24.4 Å². The van der Waals surface area contributed by atoms with Crippen LogP contribution in [-0.2, 0) is 0 Å². The summed E-state index contributed by atoms with van der Waals surface area (Å²) in [6, 6.07) is 14.9. The number of anilines is 1. The van der Waals surface area contributed by atoms with Crippen molar-refractivity contribution in [1.82, 2.24) is 9.97 Å². The lowest BCUT2D eigenvalue weighted by atomic mass is 10.2. The van der Waals surface area contributed by atoms with Gasteiger partial charge in [0.1, 0.15) is 11.3 Å². The molecule has 4 heteroatoms. The van der Waals surface area contributed by atoms with Gasteiger partial charge in [0.25, 0.3) is 0 Å². The monoisotopic (exact) mass is 237 g/mol. The predicted octanol–water partition coefficient (Wildman–Crippen LogP) is 3.00. The average molecular weight is 237 g/mol. The molecule has 2 aromatic heterocycles. The van der Waals surface area contributed by atoms with Crippen LogP contribution in [0.1, 0.15) is 0 Å². The molecule has 18 heavy (non-hydrogen) atoms. The van der Waals surface area contributed by atoms with Gasteiger partial charge in [-0.2, -0.15) is 4.98 Å². The van der Waals surface area contributed by atoms with Crippen molar-refractivity contribution >= 4 is 16.7 Å². The highest BCUT2D eigenvalue weighted by molar-refractivity contribution is 5.84. The molecule has 3 aromatic rings. The molecule has 0 aliphatic rings. The summed E-state index contributed by atoms with van der Waals surface area (Å²) >= 11 is 0. The van der Waals surface area contributed by atoms with E-state index >= 15 is 0 Å². The van der Waals surface area contributed by atoms with E-state index in [-0.39, 0.29) is 0 Å². The summed E-state index contributed by atoms with van der Waals surface area (Å²) < 4.78 is 5.72. The number of hydrogen-bond donors (Lipinski definition) is 1. The number of ether oxygens (including phenoxy) is 1. The Morgan fingerprint density at radius 3 is 2.67 bits per heavy atom. The Labute approximate surface area is 104 Å². The SMILES string of the molecule is Nc1cccc(Oc2cccc3cccnc23)n1. The number of rotatable bonds is 2. The molecule has 0 unspecified atom stereocenters. The first-order valence-electron chi connectivity index (χ1n) is 5.57. The summed E-state index contributed by atoms with van der Waals surface area (Å²) in [5, 5.41) is 1.03. The van der Waals surface area contributed by atoms with Crippen molar-refractivity contribution in [1.29, 1.82) is 0 Å². The normalized spacial score (nSPS) is 10.4. The van der Waals surface area contributed by atoms with Crippen LogP contribution in [0.2, 0.25) is 0 Å². The highest BCUT2D eigenvalue weighted by Crippen LogP contribution is 2.27. The molecule has 0 aliphatic heterocycles. The molecule has 88 valence electrons. The fourth-order valence-corrected chi connectivity index (χ4v) is 1.76. The smallest absolute Gasteiger partial charge is 0.221 e. The summed E-state index contributed by atoms with van der Waals surface area (Å²) in [4.78, 5) is 8.42. The second-order valence-corrected chi connectivity index (χ2v) is 3.83. The molecular formula is C14H11N3O. The molecule has 0 radical (unpaired) electrons. The van der Waals surface area contributed by atoms with Gasteiger partial charge in [-0.25, -0.2) is 0 Å². The molecule has 0 atom stereocenters. The average Bonchev–Trinajstić information content (AvgIpc) is 2.39. The zero-order valence-corrected chi connectivity index (χ0v) is 9.58. The summed E-state index contributed by atoms with van der Waals surface area (Å²) in [5.41, 5.74) is 6.43. The molecular weight excluding hydrogens is 226 g/mol. The highest BCUT2D eigenvalue weighted by atomic mass is 16.5. The van der Waals surface area contributed by atoms with Crippen LogP contribution in [0, 0.1) is 0 Å². The number of benzene rings is 1. The van der Waals surface area contributed by atoms with Crippen molar-refractivity contribution in [2.24, 2.45) is 0 Å². The highest BCUT2D eigenvalue weighted by Gasteiger charge is 2.04. The number of aromatic nitrogens is 2. The van der Waals surface area contributed by atoms with Gasteiger partial charge in [-0.1, -0.05) is 24.3 Å². The first-order chi connectivity index (χ1) is 8.83. The Bertz CT molecular complexity index is 692. The van der Waals surface area contributed by atoms with Gasteiger partial charge in [-0.3, -0.25) is 4.98 Å². The molecule has 0 spiro atoms. The Balaban J connectivity index is 2.05. The van der Waals surface area contributed by atoms with Crippen molar-refractivity contribution in [3.8, 4) is 11.6 Å². The molecule has 4 nitrogen and oxygen atoms in total. The molecule has 2 N–H and O–H groups in total. The van der Waals surface area contributed by atoms with Crippen LogP contribution in [0.25, 0.3) is 10.9 Å². The first kappa shape index (κ1) is 10.5. The minimum atomic E-state index is 0.431. The van der Waals surface area contributed by atoms with E-state index in [0.717, 1.165) is 10.9 Å². The van der Waals surface area contributed by atoms with Crippen molar-refractivity contribution in [2.75, 3.05) is 5.73 Å². The van der Waals surface area contributed by atoms with E-state index in [0.29, 0.717) is 17.4 Å². The van der Waals surface area contributed by atoms with Gasteiger partial charge in [-0.15, -0.1) is 0 Å². The largest absolute Gasteiger partial charge is 0.437 e. The minimum Gasteiger partial charge on any atom is -0.437 e. The van der Waals surface area contributed by atoms with E-state index in [4.69, 9.17) is 10.5 Å². The zero-order chi connectivity index (χ0) is 12.4. The Kier molecular flexibility index (Phi) is 2.53. The van der Waals surface area contributed by atoms with E-state index in [1.807, 2.05) is 30.3 Å². The third kappa shape index (κ3) is 1.96. The van der Waals surface area contributed by atoms with Crippen LogP contribution in [-0.4, -0.2) is 9.97 Å². The number of fused-ring (bicyclic) bond motifs is 1. The van der Waals surface area contributed by atoms with Crippen LogP contribution in [0.3, 0.4) is 0 Å². The van der Waals surface area contributed by atoms with Crippen LogP contribution in [0.15, 0.2) is 54.7 Å². The van der Waals surface area contributed by atoms with Gasteiger partial charge >= 0.3 is 0 Å². The number of pyridine rings is 2. The first-order valence-corrected chi connectivity index (χ1v) is 5.57. The third-order valence-electron chi connectivity index (χ3n) is 2.56. The Morgan fingerprint density at radius 1 is 0.944 bits per heavy atom. The van der Waals surface area contributed by atoms with Gasteiger partial charge < -0.3 is 10.5 Å². The minimum absolute atomic E-state index is 0.431. The summed E-state index contributed by atoms with van der Waals surface area (Å²) in [6.45, 7) is 0. The van der Waals surface area contributed by atoms with E-state index in [1.165, 1.54) is 0 Å². The molecule has 0 saturated heterocycles. The van der Waals surface area contributed by atoms with Gasteiger partial charge in [0.2, 0.25) is 5.88 Å². The molecule has 3 rings (SSSR count). The topological polar surface area (TPSA) is 61.0 Å². The number of para-hydroxylation sites is 1. The number of hydrogen-bond acceptors (Lipinski definition) is 4. The van der Waals surface area contributed by atoms with Gasteiger partial charge in [0, 0.05) is 17.6 Å². The summed E-state index contributed by atoms with van der Waals surface area (Å²) in [5.74, 6) is 1.57. The lowest BCUT2D eigenvalue weighted by molar-refractivity contribution is 0.468. The maximum atomic E-state index is 5.72. The number of nitrogens with two attached hydrogens (primary N) is 1. The standard InChI is InChI=1S/C14H11N3O/c15-12-7-2-8-13(17-12)18-11-6-1-4-10-5-3-9-16-14(10)11/h1-9H,(H2,15,17). The number of nitrogens with zero attached hydrogens (tertiary/aromatic N) is 2. The van der Waals surface area contributed by atoms with Crippen molar-refractivity contribution in [3.05, 3.63) is 54.7 Å². The molecule has 0 saturated carbocycles. The summed E-state index contributed by atoms with van der Waals surface area (Å²) in [7, 11) is 0. The van der Waals surface area contributed by atoms with Gasteiger partial charge in [-0.05, 0) is 18.2 Å². The lowest BCUT2D eigenvalue weighted by Crippen LogP contribution is -1.93. The van der Waals surface area contributed by atoms with Gasteiger partial charge in [0.05, 0.1) is 0 Å². The van der Waals surface area contributed by atoms with Crippen LogP contribution in [0.4, 0.5) is 5.82 Å². The predicted molar refractivity (Wildman–Crippen MR) is 70.5 cm³/mol. The maximum Gasteiger partial charge on any atom is 0.221 e. The molecule has 0 fully saturated rings. The van der Waals surface area contributed by atoms with Crippen molar-refractivity contribution in [3.63, 3.8) is 0 Å². The second kappa shape index (κ2) is 4.33. The molecule has 0 amide bonds. The van der Waals surface area contributed by atoms with Crippen LogP contribution < -0.4 is 10.5 Å². The Morgan fingerprint density at radius 2 is 1.78 bits per heavy atom. The molecule has 0 aliphatic carbocycles. The quantitative estimate of drug-likeness (QED) is 0.744. The second-order valence-electron chi connectivity index (χ2n) is 3.83. The van der Waals surface area contributed by atoms with Crippen molar-refractivity contribution < 1.29 is 4.74 Å².